The summed E-state index contributed by atoms with van der Waals surface area (Å²) in [7, 11) is 2.02. The number of thioether (sulfide) groups is 2. The van der Waals surface area contributed by atoms with Crippen molar-refractivity contribution in [1.82, 2.24) is 0 Å². The number of aliphatic imine (C=N–C) groups is 1. The van der Waals surface area contributed by atoms with Crippen molar-refractivity contribution < 1.29 is 4.79 Å². The molecular formula is C27H19N3OS2. The molecule has 4 nitrogen and oxygen atoms in total. The van der Waals surface area contributed by atoms with E-state index in [9.17, 15) is 4.79 Å². The van der Waals surface area contributed by atoms with Gasteiger partial charge in [-0.2, -0.15) is 0 Å². The number of para-hydroxylation sites is 2. The zero-order valence-corrected chi connectivity index (χ0v) is 19.4. The topological polar surface area (TPSA) is 35.9 Å². The molecule has 0 atom stereocenters. The number of amides is 1. The number of hydrogen-bond donors (Lipinski definition) is 0. The van der Waals surface area contributed by atoms with Crippen LogP contribution in [0.1, 0.15) is 0 Å². The Bertz CT molecular complexity index is 1460. The first-order valence-corrected chi connectivity index (χ1v) is 12.2. The fraction of sp³-hybridized carbons (Fsp3) is 0.0370. The second kappa shape index (κ2) is 8.14. The first-order chi connectivity index (χ1) is 16.2. The van der Waals surface area contributed by atoms with Crippen LogP contribution in [-0.2, 0) is 4.79 Å². The molecule has 33 heavy (non-hydrogen) atoms. The van der Waals surface area contributed by atoms with E-state index in [1.807, 2.05) is 73.8 Å². The maximum absolute atomic E-state index is 13.8. The average molecular weight is 466 g/mol. The predicted molar refractivity (Wildman–Crippen MR) is 140 cm³/mol. The Morgan fingerprint density at radius 3 is 2.33 bits per heavy atom. The molecule has 1 saturated heterocycles. The second-order valence-electron chi connectivity index (χ2n) is 7.73. The summed E-state index contributed by atoms with van der Waals surface area (Å²) in [5.41, 5.74) is 2.78. The van der Waals surface area contributed by atoms with Gasteiger partial charge in [0.05, 0.1) is 22.1 Å². The van der Waals surface area contributed by atoms with Gasteiger partial charge < -0.3 is 4.90 Å². The summed E-state index contributed by atoms with van der Waals surface area (Å²) in [4.78, 5) is 24.5. The largest absolute Gasteiger partial charge is 0.337 e. The third kappa shape index (κ3) is 3.43. The van der Waals surface area contributed by atoms with Gasteiger partial charge in [-0.15, -0.1) is 0 Å². The molecule has 4 aromatic rings. The SMILES string of the molecule is CN1C(=C2SC(=Nc3cccc4ccccc34)N(c3ccccc3)C2=O)Sc2ccccc21. The highest BCUT2D eigenvalue weighted by molar-refractivity contribution is 8.20. The van der Waals surface area contributed by atoms with E-state index in [0.29, 0.717) is 10.1 Å². The molecule has 0 unspecified atom stereocenters. The van der Waals surface area contributed by atoms with Crippen molar-refractivity contribution in [2.24, 2.45) is 4.99 Å². The average Bonchev–Trinajstić information content (AvgIpc) is 3.36. The summed E-state index contributed by atoms with van der Waals surface area (Å²) >= 11 is 3.08. The number of nitrogens with zero attached hydrogens (tertiary/aromatic N) is 3. The lowest BCUT2D eigenvalue weighted by Crippen LogP contribution is -2.29. The van der Waals surface area contributed by atoms with Crippen LogP contribution in [0.4, 0.5) is 17.1 Å². The van der Waals surface area contributed by atoms with Gasteiger partial charge in [0.1, 0.15) is 4.91 Å². The van der Waals surface area contributed by atoms with Crippen LogP contribution < -0.4 is 9.80 Å². The van der Waals surface area contributed by atoms with Gasteiger partial charge in [-0.05, 0) is 47.5 Å². The quantitative estimate of drug-likeness (QED) is 0.298. The summed E-state index contributed by atoms with van der Waals surface area (Å²) in [5.74, 6) is -0.0488. The minimum Gasteiger partial charge on any atom is -0.337 e. The molecule has 0 radical (unpaired) electrons. The van der Waals surface area contributed by atoms with E-state index in [1.54, 1.807) is 16.7 Å². The van der Waals surface area contributed by atoms with Crippen LogP contribution in [0.5, 0.6) is 0 Å². The van der Waals surface area contributed by atoms with Gasteiger partial charge >= 0.3 is 0 Å². The van der Waals surface area contributed by atoms with Crippen molar-refractivity contribution in [3.63, 3.8) is 0 Å². The van der Waals surface area contributed by atoms with Crippen LogP contribution >= 0.6 is 23.5 Å². The highest BCUT2D eigenvalue weighted by atomic mass is 32.2. The van der Waals surface area contributed by atoms with Crippen LogP contribution in [-0.4, -0.2) is 18.1 Å². The lowest BCUT2D eigenvalue weighted by Gasteiger charge is -2.16. The smallest absolute Gasteiger partial charge is 0.274 e. The normalized spacial score (nSPS) is 19.1. The predicted octanol–water partition coefficient (Wildman–Crippen LogP) is 7.02. The highest BCUT2D eigenvalue weighted by Gasteiger charge is 2.40. The molecule has 0 spiro atoms. The first-order valence-electron chi connectivity index (χ1n) is 10.6. The molecule has 2 heterocycles. The van der Waals surface area contributed by atoms with Crippen molar-refractivity contribution in [2.45, 2.75) is 4.90 Å². The van der Waals surface area contributed by atoms with E-state index in [4.69, 9.17) is 4.99 Å². The lowest BCUT2D eigenvalue weighted by molar-refractivity contribution is -0.113. The second-order valence-corrected chi connectivity index (χ2v) is 9.74. The molecule has 0 aliphatic carbocycles. The highest BCUT2D eigenvalue weighted by Crippen LogP contribution is 2.50. The maximum atomic E-state index is 13.8. The molecule has 160 valence electrons. The van der Waals surface area contributed by atoms with Gasteiger partial charge in [-0.3, -0.25) is 9.69 Å². The molecule has 1 amide bonds. The number of benzene rings is 4. The summed E-state index contributed by atoms with van der Waals surface area (Å²) < 4.78 is 0. The molecule has 1 fully saturated rings. The van der Waals surface area contributed by atoms with E-state index in [1.165, 1.54) is 11.8 Å². The van der Waals surface area contributed by atoms with Crippen molar-refractivity contribution >= 4 is 62.4 Å². The number of fused-ring (bicyclic) bond motifs is 2. The number of amidine groups is 1. The van der Waals surface area contributed by atoms with Crippen molar-refractivity contribution in [2.75, 3.05) is 16.8 Å². The Balaban J connectivity index is 1.50. The van der Waals surface area contributed by atoms with Crippen LogP contribution in [0.2, 0.25) is 0 Å². The number of carbonyl (C=O) groups is 1. The molecule has 2 aliphatic heterocycles. The summed E-state index contributed by atoms with van der Waals surface area (Å²) in [5, 5.41) is 3.79. The molecule has 2 aliphatic rings. The van der Waals surface area contributed by atoms with Crippen LogP contribution in [0.15, 0.2) is 117 Å². The molecule has 6 heteroatoms. The van der Waals surface area contributed by atoms with E-state index in [0.717, 1.165) is 37.8 Å². The van der Waals surface area contributed by atoms with Gasteiger partial charge in [0.15, 0.2) is 5.17 Å². The summed E-state index contributed by atoms with van der Waals surface area (Å²) in [6.07, 6.45) is 0. The Morgan fingerprint density at radius 1 is 0.758 bits per heavy atom. The fourth-order valence-electron chi connectivity index (χ4n) is 4.09. The molecule has 0 saturated carbocycles. The molecular weight excluding hydrogens is 446 g/mol. The van der Waals surface area contributed by atoms with Crippen LogP contribution in [0, 0.1) is 0 Å². The minimum absolute atomic E-state index is 0.0488. The van der Waals surface area contributed by atoms with E-state index >= 15 is 0 Å². The zero-order chi connectivity index (χ0) is 22.4. The fourth-order valence-corrected chi connectivity index (χ4v) is 6.43. The standard InChI is InChI=1S/C27H19N3OS2/c1-29-22-16-7-8-17-23(22)32-26(29)24-25(31)30(19-12-3-2-4-13-19)27(33-24)28-21-15-9-11-18-10-5-6-14-20(18)21/h2-17H,1H3. The van der Waals surface area contributed by atoms with Gasteiger partial charge in [-0.25, -0.2) is 4.99 Å². The molecule has 0 bridgehead atoms. The van der Waals surface area contributed by atoms with E-state index < -0.39 is 0 Å². The lowest BCUT2D eigenvalue weighted by atomic mass is 10.1. The first kappa shape index (κ1) is 20.1. The van der Waals surface area contributed by atoms with Crippen molar-refractivity contribution in [3.8, 4) is 0 Å². The van der Waals surface area contributed by atoms with Gasteiger partial charge in [0.2, 0.25) is 0 Å². The molecule has 0 N–H and O–H groups in total. The van der Waals surface area contributed by atoms with Crippen molar-refractivity contribution in [3.05, 3.63) is 107 Å². The third-order valence-corrected chi connectivity index (χ3v) is 8.11. The summed E-state index contributed by atoms with van der Waals surface area (Å²) in [6.45, 7) is 0. The Morgan fingerprint density at radius 2 is 1.48 bits per heavy atom. The van der Waals surface area contributed by atoms with Crippen LogP contribution in [0.25, 0.3) is 10.8 Å². The Labute approximate surface area is 200 Å². The number of anilines is 2. The number of hydrogen-bond acceptors (Lipinski definition) is 5. The number of rotatable bonds is 2. The Hall–Kier alpha value is -3.48. The van der Waals surface area contributed by atoms with Crippen LogP contribution in [0.3, 0.4) is 0 Å². The monoisotopic (exact) mass is 465 g/mol. The van der Waals surface area contributed by atoms with Gasteiger partial charge in [-0.1, -0.05) is 78.5 Å². The van der Waals surface area contributed by atoms with E-state index in [2.05, 4.69) is 35.2 Å². The summed E-state index contributed by atoms with van der Waals surface area (Å²) in [6, 6.07) is 32.2. The van der Waals surface area contributed by atoms with E-state index in [-0.39, 0.29) is 5.91 Å². The molecule has 0 aromatic heterocycles. The molecule has 4 aromatic carbocycles. The molecule has 6 rings (SSSR count). The van der Waals surface area contributed by atoms with Gasteiger partial charge in [0.25, 0.3) is 5.91 Å². The third-order valence-electron chi connectivity index (χ3n) is 5.71. The maximum Gasteiger partial charge on any atom is 0.274 e. The van der Waals surface area contributed by atoms with Gasteiger partial charge in [0, 0.05) is 17.3 Å². The number of carbonyl (C=O) groups excluding carboxylic acids is 1. The van der Waals surface area contributed by atoms with Crippen molar-refractivity contribution in [1.29, 1.82) is 0 Å². The minimum atomic E-state index is -0.0488. The zero-order valence-electron chi connectivity index (χ0n) is 17.8. The Kier molecular flexibility index (Phi) is 4.97.